The maximum absolute atomic E-state index is 13.9. The minimum atomic E-state index is -0.170. The van der Waals surface area contributed by atoms with Crippen LogP contribution in [0.2, 0.25) is 0 Å². The Balaban J connectivity index is 2.15. The summed E-state index contributed by atoms with van der Waals surface area (Å²) in [6.45, 7) is 2.21. The smallest absolute Gasteiger partial charge is 0.127 e. The van der Waals surface area contributed by atoms with E-state index in [9.17, 15) is 4.39 Å². The van der Waals surface area contributed by atoms with Crippen LogP contribution in [-0.2, 0) is 6.42 Å². The molecule has 1 saturated heterocycles. The molecule has 0 spiro atoms. The van der Waals surface area contributed by atoms with Crippen molar-refractivity contribution in [1.29, 1.82) is 0 Å². The fourth-order valence-corrected chi connectivity index (χ4v) is 4.16. The van der Waals surface area contributed by atoms with Gasteiger partial charge in [0.15, 0.2) is 0 Å². The average molecular weight is 333 g/mol. The zero-order valence-electron chi connectivity index (χ0n) is 10.4. The lowest BCUT2D eigenvalue weighted by Crippen LogP contribution is -2.50. The second-order valence-corrected chi connectivity index (χ2v) is 7.47. The van der Waals surface area contributed by atoms with Gasteiger partial charge in [0.1, 0.15) is 5.82 Å². The van der Waals surface area contributed by atoms with Gasteiger partial charge in [0, 0.05) is 15.3 Å². The van der Waals surface area contributed by atoms with Crippen molar-refractivity contribution in [2.45, 2.75) is 37.0 Å². The number of hydrogen-bond donors (Lipinski definition) is 2. The number of nitrogens with two attached hydrogens (primary N) is 1. The molecule has 2 unspecified atom stereocenters. The van der Waals surface area contributed by atoms with Gasteiger partial charge in [0.25, 0.3) is 0 Å². The molecule has 2 rings (SSSR count). The van der Waals surface area contributed by atoms with E-state index in [0.29, 0.717) is 6.42 Å². The summed E-state index contributed by atoms with van der Waals surface area (Å²) in [6, 6.07) is 5.30. The summed E-state index contributed by atoms with van der Waals surface area (Å²) in [5, 5.41) is 0. The Bertz CT molecular complexity index is 421. The van der Waals surface area contributed by atoms with E-state index in [2.05, 4.69) is 28.3 Å². The Morgan fingerprint density at radius 1 is 1.61 bits per heavy atom. The van der Waals surface area contributed by atoms with E-state index in [1.165, 1.54) is 12.5 Å². The highest BCUT2D eigenvalue weighted by Crippen LogP contribution is 2.41. The molecule has 0 radical (unpaired) electrons. The minimum Gasteiger partial charge on any atom is -0.271 e. The molecule has 0 aliphatic carbocycles. The Hall–Kier alpha value is -0.100. The van der Waals surface area contributed by atoms with Crippen LogP contribution < -0.4 is 11.3 Å². The van der Waals surface area contributed by atoms with Gasteiger partial charge in [0.05, 0.1) is 0 Å². The summed E-state index contributed by atoms with van der Waals surface area (Å²) in [5.41, 5.74) is 3.59. The van der Waals surface area contributed by atoms with Gasteiger partial charge in [-0.1, -0.05) is 22.0 Å². The third kappa shape index (κ3) is 3.07. The molecular weight excluding hydrogens is 315 g/mol. The quantitative estimate of drug-likeness (QED) is 0.656. The van der Waals surface area contributed by atoms with Gasteiger partial charge in [-0.2, -0.15) is 11.8 Å². The van der Waals surface area contributed by atoms with Crippen LogP contribution in [0, 0.1) is 5.82 Å². The molecule has 1 aliphatic rings. The minimum absolute atomic E-state index is 0.0978. The Morgan fingerprint density at radius 2 is 2.39 bits per heavy atom. The number of benzene rings is 1. The number of nitrogens with one attached hydrogen (secondary N) is 1. The number of hydrazine groups is 1. The van der Waals surface area contributed by atoms with Crippen LogP contribution in [0.1, 0.15) is 25.3 Å². The van der Waals surface area contributed by atoms with Crippen molar-refractivity contribution in [3.05, 3.63) is 34.1 Å². The van der Waals surface area contributed by atoms with Crippen molar-refractivity contribution in [2.75, 3.05) is 5.75 Å². The molecule has 5 heteroatoms. The lowest BCUT2D eigenvalue weighted by atomic mass is 9.91. The summed E-state index contributed by atoms with van der Waals surface area (Å²) >= 11 is 5.20. The molecule has 3 N–H and O–H groups in total. The third-order valence-corrected chi connectivity index (χ3v) is 5.76. The van der Waals surface area contributed by atoms with Gasteiger partial charge >= 0.3 is 0 Å². The summed E-state index contributed by atoms with van der Waals surface area (Å²) in [4.78, 5) is 0. The van der Waals surface area contributed by atoms with Gasteiger partial charge in [0.2, 0.25) is 0 Å². The highest BCUT2D eigenvalue weighted by molar-refractivity contribution is 9.10. The Labute approximate surface area is 120 Å². The molecule has 1 aromatic carbocycles. The molecule has 1 heterocycles. The molecule has 0 aromatic heterocycles. The van der Waals surface area contributed by atoms with E-state index in [4.69, 9.17) is 5.84 Å². The van der Waals surface area contributed by atoms with Crippen molar-refractivity contribution < 1.29 is 4.39 Å². The molecule has 2 nitrogen and oxygen atoms in total. The van der Waals surface area contributed by atoms with Crippen molar-refractivity contribution in [3.8, 4) is 0 Å². The van der Waals surface area contributed by atoms with Crippen LogP contribution in [-0.4, -0.2) is 16.5 Å². The van der Waals surface area contributed by atoms with Crippen LogP contribution in [0.3, 0.4) is 0 Å². The van der Waals surface area contributed by atoms with Crippen LogP contribution in [0.15, 0.2) is 22.7 Å². The Morgan fingerprint density at radius 3 is 2.94 bits per heavy atom. The van der Waals surface area contributed by atoms with Crippen LogP contribution in [0.4, 0.5) is 4.39 Å². The van der Waals surface area contributed by atoms with Gasteiger partial charge in [-0.3, -0.25) is 11.3 Å². The molecular formula is C13H18BrFN2S. The van der Waals surface area contributed by atoms with E-state index in [0.717, 1.165) is 22.2 Å². The van der Waals surface area contributed by atoms with E-state index in [1.54, 1.807) is 0 Å². The summed E-state index contributed by atoms with van der Waals surface area (Å²) in [7, 11) is 0. The maximum Gasteiger partial charge on any atom is 0.127 e. The average Bonchev–Trinajstić information content (AvgIpc) is 2.76. The predicted molar refractivity (Wildman–Crippen MR) is 79.0 cm³/mol. The molecule has 1 fully saturated rings. The molecule has 18 heavy (non-hydrogen) atoms. The maximum atomic E-state index is 13.9. The van der Waals surface area contributed by atoms with Gasteiger partial charge in [-0.15, -0.1) is 0 Å². The van der Waals surface area contributed by atoms with Crippen molar-refractivity contribution in [3.63, 3.8) is 0 Å². The summed E-state index contributed by atoms with van der Waals surface area (Å²) < 4.78 is 14.7. The van der Waals surface area contributed by atoms with E-state index in [-0.39, 0.29) is 16.6 Å². The first-order valence-electron chi connectivity index (χ1n) is 6.09. The fraction of sp³-hybridized carbons (Fsp3) is 0.538. The van der Waals surface area contributed by atoms with Crippen LogP contribution in [0.25, 0.3) is 0 Å². The normalized spacial score (nSPS) is 25.3. The number of hydrogen-bond acceptors (Lipinski definition) is 3. The van der Waals surface area contributed by atoms with Crippen molar-refractivity contribution in [1.82, 2.24) is 5.43 Å². The SMILES string of the molecule is CC1(C(Cc2ccc(Br)cc2F)NN)CCCS1. The first kappa shape index (κ1) is 14.3. The first-order chi connectivity index (χ1) is 8.55. The number of halogens is 2. The van der Waals surface area contributed by atoms with Crippen LogP contribution >= 0.6 is 27.7 Å². The van der Waals surface area contributed by atoms with Crippen LogP contribution in [0.5, 0.6) is 0 Å². The second-order valence-electron chi connectivity index (χ2n) is 4.92. The van der Waals surface area contributed by atoms with Crippen molar-refractivity contribution >= 4 is 27.7 Å². The molecule has 0 bridgehead atoms. The Kier molecular flexibility index (Phi) is 4.69. The lowest BCUT2D eigenvalue weighted by Gasteiger charge is -2.33. The van der Waals surface area contributed by atoms with Crippen molar-refractivity contribution in [2.24, 2.45) is 5.84 Å². The highest BCUT2D eigenvalue weighted by Gasteiger charge is 2.37. The second kappa shape index (κ2) is 5.90. The highest BCUT2D eigenvalue weighted by atomic mass is 79.9. The molecule has 0 saturated carbocycles. The van der Waals surface area contributed by atoms with E-state index < -0.39 is 0 Å². The summed E-state index contributed by atoms with van der Waals surface area (Å²) in [5.74, 6) is 6.66. The monoisotopic (exact) mass is 332 g/mol. The predicted octanol–water partition coefficient (Wildman–Crippen LogP) is 3.25. The van der Waals surface area contributed by atoms with E-state index >= 15 is 0 Å². The lowest BCUT2D eigenvalue weighted by molar-refractivity contribution is 0.400. The standard InChI is InChI=1S/C13H18BrFN2S/c1-13(5-2-6-18-13)12(17-16)7-9-3-4-10(14)8-11(9)15/h3-4,8,12,17H,2,5-7,16H2,1H3. The van der Waals surface area contributed by atoms with Gasteiger partial charge in [-0.25, -0.2) is 4.39 Å². The van der Waals surface area contributed by atoms with E-state index in [1.807, 2.05) is 23.9 Å². The molecule has 0 amide bonds. The zero-order valence-corrected chi connectivity index (χ0v) is 12.8. The zero-order chi connectivity index (χ0) is 13.2. The molecule has 1 aromatic rings. The number of thioether (sulfide) groups is 1. The largest absolute Gasteiger partial charge is 0.271 e. The van der Waals surface area contributed by atoms with Gasteiger partial charge in [-0.05, 0) is 49.6 Å². The molecule has 2 atom stereocenters. The summed E-state index contributed by atoms with van der Waals surface area (Å²) in [6.07, 6.45) is 2.96. The third-order valence-electron chi connectivity index (χ3n) is 3.63. The molecule has 100 valence electrons. The fourth-order valence-electron chi connectivity index (χ4n) is 2.43. The topological polar surface area (TPSA) is 38.0 Å². The first-order valence-corrected chi connectivity index (χ1v) is 7.87. The van der Waals surface area contributed by atoms with Gasteiger partial charge < -0.3 is 0 Å². The molecule has 1 aliphatic heterocycles. The number of rotatable bonds is 4.